The molecule has 0 spiro atoms. The number of carbonyl (C=O) groups excluding carboxylic acids is 1. The van der Waals surface area contributed by atoms with Gasteiger partial charge in [-0.3, -0.25) is 0 Å². The Morgan fingerprint density at radius 3 is 2.39 bits per heavy atom. The van der Waals surface area contributed by atoms with Crippen LogP contribution in [0.2, 0.25) is 0 Å². The Labute approximate surface area is 111 Å². The van der Waals surface area contributed by atoms with Crippen LogP contribution in [0.5, 0.6) is 0 Å². The Morgan fingerprint density at radius 2 is 1.94 bits per heavy atom. The first-order valence-electron chi connectivity index (χ1n) is 6.87. The van der Waals surface area contributed by atoms with Gasteiger partial charge in [0.1, 0.15) is 5.60 Å². The average Bonchev–Trinajstić information content (AvgIpc) is 2.18. The van der Waals surface area contributed by atoms with Crippen molar-refractivity contribution in [3.8, 4) is 0 Å². The van der Waals surface area contributed by atoms with Crippen LogP contribution < -0.4 is 5.73 Å². The number of hydrogen-bond acceptors (Lipinski definition) is 3. The zero-order valence-electron chi connectivity index (χ0n) is 12.6. The Balaban J connectivity index is 2.75. The van der Waals surface area contributed by atoms with E-state index in [1.54, 1.807) is 4.90 Å². The third kappa shape index (κ3) is 3.87. The first-order valence-corrected chi connectivity index (χ1v) is 6.87. The molecule has 4 nitrogen and oxygen atoms in total. The number of amides is 1. The number of rotatable bonds is 1. The molecule has 0 aromatic heterocycles. The van der Waals surface area contributed by atoms with E-state index in [2.05, 4.69) is 13.8 Å². The summed E-state index contributed by atoms with van der Waals surface area (Å²) in [7, 11) is 0. The molecule has 1 aliphatic rings. The molecule has 4 heteroatoms. The van der Waals surface area contributed by atoms with E-state index in [9.17, 15) is 4.79 Å². The fourth-order valence-electron chi connectivity index (χ4n) is 2.32. The van der Waals surface area contributed by atoms with Crippen molar-refractivity contribution in [3.05, 3.63) is 0 Å². The number of nitrogens with two attached hydrogens (primary N) is 1. The quantitative estimate of drug-likeness (QED) is 0.784. The van der Waals surface area contributed by atoms with E-state index in [0.29, 0.717) is 11.8 Å². The lowest BCUT2D eigenvalue weighted by Crippen LogP contribution is -2.57. The molecule has 2 N–H and O–H groups in total. The Hall–Kier alpha value is -0.770. The van der Waals surface area contributed by atoms with Gasteiger partial charge < -0.3 is 15.4 Å². The van der Waals surface area contributed by atoms with Gasteiger partial charge in [-0.25, -0.2) is 4.79 Å². The van der Waals surface area contributed by atoms with Gasteiger partial charge in [-0.15, -0.1) is 0 Å². The van der Waals surface area contributed by atoms with Gasteiger partial charge in [0.2, 0.25) is 0 Å². The molecule has 18 heavy (non-hydrogen) atoms. The minimum atomic E-state index is -0.453. The molecule has 1 fully saturated rings. The minimum absolute atomic E-state index is 0.0404. The smallest absolute Gasteiger partial charge is 0.410 e. The van der Waals surface area contributed by atoms with Crippen molar-refractivity contribution in [1.29, 1.82) is 0 Å². The first-order chi connectivity index (χ1) is 8.11. The molecular weight excluding hydrogens is 228 g/mol. The predicted octanol–water partition coefficient (Wildman–Crippen LogP) is 2.62. The third-order valence-electron chi connectivity index (χ3n) is 3.69. The SMILES string of the molecule is CC(C)C1CC(N)C(C)N(C(=O)OC(C)(C)C)C1. The zero-order valence-corrected chi connectivity index (χ0v) is 12.6. The van der Waals surface area contributed by atoms with Gasteiger partial charge in [0.05, 0.1) is 0 Å². The van der Waals surface area contributed by atoms with E-state index >= 15 is 0 Å². The Morgan fingerprint density at radius 1 is 1.39 bits per heavy atom. The maximum Gasteiger partial charge on any atom is 0.410 e. The van der Waals surface area contributed by atoms with Crippen molar-refractivity contribution in [2.45, 2.75) is 65.6 Å². The van der Waals surface area contributed by atoms with E-state index < -0.39 is 5.60 Å². The summed E-state index contributed by atoms with van der Waals surface area (Å²) in [4.78, 5) is 14.0. The van der Waals surface area contributed by atoms with E-state index in [0.717, 1.165) is 13.0 Å². The third-order valence-corrected chi connectivity index (χ3v) is 3.69. The molecule has 1 amide bonds. The minimum Gasteiger partial charge on any atom is -0.444 e. The highest BCUT2D eigenvalue weighted by Gasteiger charge is 2.37. The van der Waals surface area contributed by atoms with Crippen LogP contribution in [-0.4, -0.2) is 35.2 Å². The topological polar surface area (TPSA) is 55.6 Å². The fraction of sp³-hybridized carbons (Fsp3) is 0.929. The standard InChI is InChI=1S/C14H28N2O2/c1-9(2)11-7-12(15)10(3)16(8-11)13(17)18-14(4,5)6/h9-12H,7-8,15H2,1-6H3. The van der Waals surface area contributed by atoms with Crippen LogP contribution in [0.4, 0.5) is 4.79 Å². The molecule has 3 unspecified atom stereocenters. The van der Waals surface area contributed by atoms with Crippen LogP contribution in [0, 0.1) is 11.8 Å². The Bertz CT molecular complexity index is 297. The lowest BCUT2D eigenvalue weighted by atomic mass is 9.83. The number of ether oxygens (including phenoxy) is 1. The van der Waals surface area contributed by atoms with Crippen molar-refractivity contribution in [3.63, 3.8) is 0 Å². The van der Waals surface area contributed by atoms with Gasteiger partial charge in [0, 0.05) is 18.6 Å². The molecule has 0 saturated carbocycles. The maximum atomic E-state index is 12.2. The number of carbonyl (C=O) groups is 1. The molecule has 0 radical (unpaired) electrons. The summed E-state index contributed by atoms with van der Waals surface area (Å²) in [5, 5.41) is 0. The summed E-state index contributed by atoms with van der Waals surface area (Å²) in [6, 6.07) is 0.0912. The largest absolute Gasteiger partial charge is 0.444 e. The summed E-state index contributed by atoms with van der Waals surface area (Å²) < 4.78 is 5.46. The van der Waals surface area contributed by atoms with Crippen LogP contribution in [0.15, 0.2) is 0 Å². The maximum absolute atomic E-state index is 12.2. The summed E-state index contributed by atoms with van der Waals surface area (Å²) in [6.45, 7) is 12.8. The number of likely N-dealkylation sites (tertiary alicyclic amines) is 1. The predicted molar refractivity (Wildman–Crippen MR) is 73.3 cm³/mol. The molecule has 106 valence electrons. The van der Waals surface area contributed by atoms with E-state index in [-0.39, 0.29) is 18.2 Å². The molecule has 1 heterocycles. The number of piperidine rings is 1. The molecule has 0 bridgehead atoms. The first kappa shape index (κ1) is 15.3. The van der Waals surface area contributed by atoms with Crippen molar-refractivity contribution >= 4 is 6.09 Å². The molecular formula is C14H28N2O2. The second kappa shape index (κ2) is 5.47. The highest BCUT2D eigenvalue weighted by Crippen LogP contribution is 2.28. The van der Waals surface area contributed by atoms with Gasteiger partial charge in [0.25, 0.3) is 0 Å². The zero-order chi connectivity index (χ0) is 14.1. The van der Waals surface area contributed by atoms with Gasteiger partial charge in [-0.2, -0.15) is 0 Å². The summed E-state index contributed by atoms with van der Waals surface area (Å²) in [6.07, 6.45) is 0.744. The molecule has 1 saturated heterocycles. The fourth-order valence-corrected chi connectivity index (χ4v) is 2.32. The van der Waals surface area contributed by atoms with Crippen LogP contribution in [0.3, 0.4) is 0 Å². The van der Waals surface area contributed by atoms with E-state index in [1.165, 1.54) is 0 Å². The molecule has 1 aliphatic heterocycles. The summed E-state index contributed by atoms with van der Waals surface area (Å²) in [5.74, 6) is 0.997. The average molecular weight is 256 g/mol. The van der Waals surface area contributed by atoms with E-state index in [4.69, 9.17) is 10.5 Å². The van der Waals surface area contributed by atoms with Crippen molar-refractivity contribution < 1.29 is 9.53 Å². The van der Waals surface area contributed by atoms with Crippen LogP contribution in [0.1, 0.15) is 48.0 Å². The second-order valence-electron chi connectivity index (χ2n) is 6.78. The summed E-state index contributed by atoms with van der Waals surface area (Å²) in [5.41, 5.74) is 5.70. The normalized spacial score (nSPS) is 29.6. The second-order valence-corrected chi connectivity index (χ2v) is 6.78. The monoisotopic (exact) mass is 256 g/mol. The lowest BCUT2D eigenvalue weighted by molar-refractivity contribution is -0.00193. The molecule has 0 aromatic carbocycles. The summed E-state index contributed by atoms with van der Waals surface area (Å²) >= 11 is 0. The van der Waals surface area contributed by atoms with Gasteiger partial charge in [-0.1, -0.05) is 13.8 Å². The molecule has 0 aliphatic carbocycles. The van der Waals surface area contributed by atoms with E-state index in [1.807, 2.05) is 27.7 Å². The Kier molecular flexibility index (Phi) is 4.65. The lowest BCUT2D eigenvalue weighted by Gasteiger charge is -2.43. The highest BCUT2D eigenvalue weighted by atomic mass is 16.6. The van der Waals surface area contributed by atoms with Crippen LogP contribution >= 0.6 is 0 Å². The van der Waals surface area contributed by atoms with Gasteiger partial charge >= 0.3 is 6.09 Å². The highest BCUT2D eigenvalue weighted by molar-refractivity contribution is 5.68. The van der Waals surface area contributed by atoms with Gasteiger partial charge in [0.15, 0.2) is 0 Å². The van der Waals surface area contributed by atoms with Crippen molar-refractivity contribution in [2.75, 3.05) is 6.54 Å². The number of hydrogen-bond donors (Lipinski definition) is 1. The van der Waals surface area contributed by atoms with Crippen molar-refractivity contribution in [2.24, 2.45) is 17.6 Å². The van der Waals surface area contributed by atoms with Crippen molar-refractivity contribution in [1.82, 2.24) is 4.90 Å². The van der Waals surface area contributed by atoms with Crippen LogP contribution in [-0.2, 0) is 4.74 Å². The van der Waals surface area contributed by atoms with Gasteiger partial charge in [-0.05, 0) is 46.0 Å². The van der Waals surface area contributed by atoms with Crippen LogP contribution in [0.25, 0.3) is 0 Å². The molecule has 3 atom stereocenters. The molecule has 1 rings (SSSR count). The molecule has 0 aromatic rings. The number of nitrogens with zero attached hydrogens (tertiary/aromatic N) is 1.